The van der Waals surface area contributed by atoms with Gasteiger partial charge in [0.05, 0.1) is 69.3 Å². The summed E-state index contributed by atoms with van der Waals surface area (Å²) >= 11 is 5.49. The lowest BCUT2D eigenvalue weighted by atomic mass is 9.88. The van der Waals surface area contributed by atoms with Crippen molar-refractivity contribution in [3.63, 3.8) is 0 Å². The van der Waals surface area contributed by atoms with E-state index in [4.69, 9.17) is 91.7 Å². The zero-order valence-electron chi connectivity index (χ0n) is 83.3. The second kappa shape index (κ2) is 54.0. The van der Waals surface area contributed by atoms with Gasteiger partial charge in [-0.1, -0.05) is 111 Å². The van der Waals surface area contributed by atoms with Gasteiger partial charge in [0.15, 0.2) is 0 Å². The van der Waals surface area contributed by atoms with Gasteiger partial charge in [0.1, 0.15) is 84.1 Å². The molecule has 11 aromatic rings. The van der Waals surface area contributed by atoms with Crippen LogP contribution in [0.2, 0.25) is 5.28 Å². The third kappa shape index (κ3) is 34.5. The van der Waals surface area contributed by atoms with Crippen molar-refractivity contribution in [1.29, 1.82) is 0 Å². The van der Waals surface area contributed by atoms with E-state index in [1.807, 2.05) is 97.1 Å². The number of anilines is 5. The number of carbonyl (C=O) groups is 8. The molecule has 1 saturated heterocycles. The summed E-state index contributed by atoms with van der Waals surface area (Å²) in [5.74, 6) is 0.165. The molecule has 1 aliphatic heterocycles. The van der Waals surface area contributed by atoms with Gasteiger partial charge in [-0.2, -0.15) is 9.97 Å². The number of hydrogen-bond acceptors (Lipinski definition) is 27. The Morgan fingerprint density at radius 2 is 0.760 bits per heavy atom. The fraction of sp³-hybridized carbons (Fsp3) is 0.318. The normalized spacial score (nSPS) is 13.5. The maximum atomic E-state index is 13.3. The second-order valence-electron chi connectivity index (χ2n) is 36.4. The number of alkyl carbamates (subject to hydrolysis) is 3. The molecule has 7 amide bonds. The van der Waals surface area contributed by atoms with Gasteiger partial charge in [-0.25, -0.2) is 19.2 Å². The van der Waals surface area contributed by atoms with Gasteiger partial charge >= 0.3 is 36.3 Å². The topological polar surface area (TPSA) is 489 Å². The molecule has 2 unspecified atom stereocenters. The molecule has 772 valence electrons. The number of ether oxygens (including phenoxy) is 11. The Morgan fingerprint density at radius 3 is 1.11 bits per heavy atom. The maximum Gasteiger partial charge on any atom is 0.407 e. The van der Waals surface area contributed by atoms with E-state index in [2.05, 4.69) is 88.4 Å². The predicted octanol–water partition coefficient (Wildman–Crippen LogP) is 17.2. The Hall–Kier alpha value is -15.8. The number of para-hydroxylation sites is 5. The largest absolute Gasteiger partial charge is 0.491 e. The van der Waals surface area contributed by atoms with E-state index in [1.54, 1.807) is 165 Å². The van der Waals surface area contributed by atoms with Gasteiger partial charge in [0, 0.05) is 66.2 Å². The summed E-state index contributed by atoms with van der Waals surface area (Å²) in [7, 11) is 4.98. The van der Waals surface area contributed by atoms with Crippen LogP contribution in [0.25, 0.3) is 22.3 Å². The number of methoxy groups -OCH3 is 2. The number of halogens is 1. The summed E-state index contributed by atoms with van der Waals surface area (Å²) in [6, 6.07) is 64.6. The van der Waals surface area contributed by atoms with Crippen molar-refractivity contribution in [2.45, 2.75) is 112 Å². The zero-order chi connectivity index (χ0) is 104. The Morgan fingerprint density at radius 1 is 0.432 bits per heavy atom. The molecule has 16 rings (SSSR count). The number of aromatic nitrogens is 3. The van der Waals surface area contributed by atoms with Crippen molar-refractivity contribution in [2.24, 2.45) is 17.4 Å². The molecule has 0 radical (unpaired) electrons. The van der Waals surface area contributed by atoms with Gasteiger partial charge in [0.25, 0.3) is 23.6 Å². The average molecular weight is 2020 g/mol. The smallest absolute Gasteiger partial charge is 0.407 e. The number of nitrogens with one attached hydrogen (secondary N) is 7. The highest BCUT2D eigenvalue weighted by Crippen LogP contribution is 2.45. The molecule has 2 heterocycles. The molecule has 2 atom stereocenters. The summed E-state index contributed by atoms with van der Waals surface area (Å²) in [4.78, 5) is 112. The number of hydrogen-bond donors (Lipinski definition) is 12. The van der Waals surface area contributed by atoms with E-state index in [-0.39, 0.29) is 111 Å². The number of rotatable bonds is 29. The number of amides is 7. The Labute approximate surface area is 855 Å². The monoisotopic (exact) mass is 2020 g/mol. The van der Waals surface area contributed by atoms with Crippen LogP contribution < -0.4 is 93.3 Å². The van der Waals surface area contributed by atoms with Crippen molar-refractivity contribution in [3.05, 3.63) is 303 Å². The lowest BCUT2D eigenvalue weighted by Crippen LogP contribution is -2.34. The van der Waals surface area contributed by atoms with Gasteiger partial charge in [0.2, 0.25) is 5.28 Å². The quantitative estimate of drug-likeness (QED) is 0.0118. The van der Waals surface area contributed by atoms with Crippen LogP contribution >= 0.6 is 11.6 Å². The van der Waals surface area contributed by atoms with Crippen molar-refractivity contribution in [3.8, 4) is 63.0 Å². The van der Waals surface area contributed by atoms with Crippen LogP contribution in [0.15, 0.2) is 236 Å². The number of fused-ring (bicyclic) bond motifs is 9. The number of morpholine rings is 1. The molecule has 4 aliphatic carbocycles. The summed E-state index contributed by atoms with van der Waals surface area (Å²) < 4.78 is 58.3. The van der Waals surface area contributed by atoms with Gasteiger partial charge in [-0.05, 0) is 289 Å². The van der Waals surface area contributed by atoms with Gasteiger partial charge in [-0.15, -0.1) is 4.98 Å². The first kappa shape index (κ1) is 112. The van der Waals surface area contributed by atoms with Crippen LogP contribution in [0, 0.1) is 5.92 Å². The van der Waals surface area contributed by atoms with Crippen LogP contribution in [-0.2, 0) is 38.2 Å². The SMILES string of the molecule is C.CC(C)(C)OC(=O)NCCOc1ccccc1C(=O)NC1=CC2Cc3cc(NC(=O)c4ccccc4OCCNC(=O)OC(C)(C)C)ccc3C2C=C1.CC(C)(C)OC(=O)NCCOc1ccccc1C(=O)O.CN1CCOCC1.COc1nc(Cl)nc(OC)n1.NCCOc1ccccc1C(=O)Nc1ccc2c(c1)Cc1cc(NC(=O)c3ccccc3OCCN)ccc1-2.Nc1ccc2c(c1)Cc1cc(N)ccc1-2. The minimum Gasteiger partial charge on any atom is -0.491 e. The molecule has 0 saturated carbocycles. The maximum absolute atomic E-state index is 13.3. The van der Waals surface area contributed by atoms with Gasteiger partial charge < -0.3 is 122 Å². The van der Waals surface area contributed by atoms with Crippen LogP contribution in [0.5, 0.6) is 40.8 Å². The lowest BCUT2D eigenvalue weighted by molar-refractivity contribution is 0.0503. The lowest BCUT2D eigenvalue weighted by Gasteiger charge is -2.21. The first-order chi connectivity index (χ1) is 69.4. The van der Waals surface area contributed by atoms with Crippen molar-refractivity contribution in [2.75, 3.05) is 141 Å². The Kier molecular flexibility index (Phi) is 41.5. The summed E-state index contributed by atoms with van der Waals surface area (Å²) in [6.07, 6.45) is 6.84. The van der Waals surface area contributed by atoms with E-state index in [9.17, 15) is 38.4 Å². The number of nitrogens with two attached hydrogens (primary N) is 4. The number of carboxylic acid groups (broad SMARTS) is 1. The van der Waals surface area contributed by atoms with E-state index >= 15 is 0 Å². The minimum atomic E-state index is -1.05. The standard InChI is InChI=1S/C41H48N4O8.C31H30N4O4.C14H19NO5.C13H12N2.C5H6ClN3O2.C5H11NO.CH4/c1-40(2,3)52-38(48)42-19-21-50-34-13-9-7-11-32(34)36(46)44-28-15-17-30-26(24-28)23-27-25-29(16-18-31(27)30)45-37(47)33-12-8-10-14-35(33)51-22-20-43-39(49)53-41(4,5)6;32-13-15-38-28-7-3-1-5-26(28)30(36)34-22-9-11-24-20(18-22)17-21-19-23(10-12-25(21)24)35-31(37)27-6-2-4-8-29(27)39-16-14-33;1-14(2,3)20-13(18)15-8-9-19-11-7-5-4-6-10(11)12(16)17;14-10-1-3-12-8(6-10)5-9-7-11(15)2-4-13(9)12;1-10-4-7-3(6)8-5(9-4)11-2;1-6-2-4-7-5-3-6;/h7-18,24-26,30H,19-23H2,1-6H3,(H,42,48)(H,43,49)(H,44,46)(H,45,47);1-12,18-19H,13-17,32-33H2,(H,34,36)(H,35,37);4-7H,8-9H2,1-3H3,(H,15,18)(H,16,17);1-4,6-7H,5,14-15H2;1-2H3;2-5H2,1H3;1H4. The fourth-order valence-corrected chi connectivity index (χ4v) is 15.6. The zero-order valence-corrected chi connectivity index (χ0v) is 84.1. The van der Waals surface area contributed by atoms with E-state index in [0.717, 1.165) is 78.3 Å². The first-order valence-corrected chi connectivity index (χ1v) is 47.5. The molecule has 1 fully saturated rings. The molecule has 16 N–H and O–H groups in total. The second-order valence-corrected chi connectivity index (χ2v) is 36.8. The number of benzene rings is 10. The van der Waals surface area contributed by atoms with E-state index < -0.39 is 41.1 Å². The Balaban J connectivity index is 0.000000202. The highest BCUT2D eigenvalue weighted by atomic mass is 35.5. The van der Waals surface area contributed by atoms with E-state index in [1.165, 1.54) is 48.1 Å². The van der Waals surface area contributed by atoms with Crippen LogP contribution in [0.1, 0.15) is 161 Å². The van der Waals surface area contributed by atoms with Crippen molar-refractivity contribution < 1.29 is 95.6 Å². The molecule has 10 aromatic carbocycles. The summed E-state index contributed by atoms with van der Waals surface area (Å²) in [5.41, 5.74) is 38.9. The number of nitrogens with zero attached hydrogens (tertiary/aromatic N) is 4. The Bertz CT molecular complexity index is 6230. The fourth-order valence-electron chi connectivity index (χ4n) is 15.5. The average Bonchev–Trinajstić information content (AvgIpc) is 1.63. The highest BCUT2D eigenvalue weighted by Gasteiger charge is 2.34. The van der Waals surface area contributed by atoms with Crippen molar-refractivity contribution in [1.82, 2.24) is 41.1 Å². The summed E-state index contributed by atoms with van der Waals surface area (Å²) in [6.45, 7) is 22.6. The highest BCUT2D eigenvalue weighted by molar-refractivity contribution is 6.28. The number of nitrogen functional groups attached to an aromatic ring is 2. The van der Waals surface area contributed by atoms with Crippen LogP contribution in [-0.4, -0.2) is 203 Å². The molecule has 1 aromatic heterocycles. The number of carbonyl (C=O) groups excluding carboxylic acids is 7. The molecular formula is C110H130ClN15O20. The molecule has 35 nitrogen and oxygen atoms in total. The number of allylic oxidation sites excluding steroid dienone is 3. The third-order valence-corrected chi connectivity index (χ3v) is 22.0. The van der Waals surface area contributed by atoms with Crippen molar-refractivity contribution >= 4 is 87.9 Å². The predicted molar refractivity (Wildman–Crippen MR) is 564 cm³/mol. The minimum absolute atomic E-state index is 0. The first-order valence-electron chi connectivity index (χ1n) is 47.1. The number of carboxylic acids is 1. The summed E-state index contributed by atoms with van der Waals surface area (Å²) in [5, 5.41) is 28.8. The number of aromatic carboxylic acids is 1. The molecule has 36 heteroatoms. The van der Waals surface area contributed by atoms with Gasteiger partial charge in [-0.3, -0.25) is 19.2 Å². The number of likely N-dealkylation sites (N-methyl/N-ethyl adjacent to an activating group) is 1. The molecule has 5 aliphatic rings. The van der Waals surface area contributed by atoms with E-state index in [0.29, 0.717) is 101 Å². The molecule has 146 heavy (non-hydrogen) atoms. The molecule has 0 spiro atoms. The molecular weight excluding hydrogens is 1890 g/mol. The van der Waals surface area contributed by atoms with Crippen LogP contribution in [0.4, 0.5) is 42.8 Å². The van der Waals surface area contributed by atoms with Crippen LogP contribution in [0.3, 0.4) is 0 Å². The molecule has 0 bridgehead atoms. The third-order valence-electron chi connectivity index (χ3n) is 21.8.